The molecule has 0 bridgehead atoms. The van der Waals surface area contributed by atoms with Crippen molar-refractivity contribution in [3.63, 3.8) is 0 Å². The van der Waals surface area contributed by atoms with E-state index in [9.17, 15) is 4.79 Å². The predicted molar refractivity (Wildman–Crippen MR) is 148 cm³/mol. The van der Waals surface area contributed by atoms with Gasteiger partial charge >= 0.3 is 0 Å². The lowest BCUT2D eigenvalue weighted by molar-refractivity contribution is -0.118. The molecule has 6 nitrogen and oxygen atoms in total. The summed E-state index contributed by atoms with van der Waals surface area (Å²) in [6.07, 6.45) is 5.01. The number of methoxy groups -OCH3 is 1. The van der Waals surface area contributed by atoms with Gasteiger partial charge < -0.3 is 10.1 Å². The number of carbonyl (C=O) groups is 1. The molecule has 4 aromatic rings. The first-order chi connectivity index (χ1) is 18.1. The standard InChI is InChI=1S/C31H32N4O2/c1-3-35(16-17-37-2)20-22-10-8-21(9-11-22)12-15-27-24-14-13-23(18-29(24)34-33-27)26-19-31(26)25-6-4-5-7-28(25)32-30(31)36/h4-15,18,26H,3,16-17,19-20H2,1-2H3,(H,32,36)(H,33,34)/b15-12+. The van der Waals surface area contributed by atoms with Crippen molar-refractivity contribution in [2.24, 2.45) is 0 Å². The van der Waals surface area contributed by atoms with Crippen molar-refractivity contribution in [2.45, 2.75) is 31.2 Å². The van der Waals surface area contributed by atoms with Crippen LogP contribution in [0.25, 0.3) is 23.1 Å². The number of amides is 1. The minimum atomic E-state index is -0.420. The molecule has 1 aromatic heterocycles. The Bertz CT molecular complexity index is 1470. The number of benzene rings is 3. The van der Waals surface area contributed by atoms with E-state index in [4.69, 9.17) is 4.74 Å². The van der Waals surface area contributed by atoms with Crippen molar-refractivity contribution in [3.05, 3.63) is 94.7 Å². The Morgan fingerprint density at radius 1 is 1.11 bits per heavy atom. The summed E-state index contributed by atoms with van der Waals surface area (Å²) in [5.74, 6) is 0.315. The second-order valence-corrected chi connectivity index (χ2v) is 10.1. The molecule has 1 aliphatic carbocycles. The Balaban J connectivity index is 1.16. The van der Waals surface area contributed by atoms with Gasteiger partial charge in [0.15, 0.2) is 0 Å². The Morgan fingerprint density at radius 2 is 1.95 bits per heavy atom. The molecule has 188 valence electrons. The summed E-state index contributed by atoms with van der Waals surface area (Å²) in [5.41, 5.74) is 7.19. The zero-order valence-electron chi connectivity index (χ0n) is 21.3. The minimum absolute atomic E-state index is 0.121. The number of nitrogens with zero attached hydrogens (tertiary/aromatic N) is 2. The first-order valence-corrected chi connectivity index (χ1v) is 13.0. The van der Waals surface area contributed by atoms with Crippen molar-refractivity contribution < 1.29 is 9.53 Å². The van der Waals surface area contributed by atoms with Gasteiger partial charge in [-0.3, -0.25) is 14.8 Å². The minimum Gasteiger partial charge on any atom is -0.383 e. The number of H-pyrrole nitrogens is 1. The summed E-state index contributed by atoms with van der Waals surface area (Å²) < 4.78 is 5.21. The number of hydrogen-bond acceptors (Lipinski definition) is 4. The Kier molecular flexibility index (Phi) is 6.14. The van der Waals surface area contributed by atoms with Gasteiger partial charge in [-0.15, -0.1) is 0 Å². The number of ether oxygens (including phenoxy) is 1. The third kappa shape index (κ3) is 4.26. The van der Waals surface area contributed by atoms with E-state index in [-0.39, 0.29) is 11.8 Å². The van der Waals surface area contributed by atoms with Gasteiger partial charge in [0.2, 0.25) is 5.91 Å². The number of rotatable bonds is 9. The van der Waals surface area contributed by atoms with Crippen LogP contribution in [0, 0.1) is 0 Å². The molecule has 37 heavy (non-hydrogen) atoms. The number of fused-ring (bicyclic) bond motifs is 3. The zero-order chi connectivity index (χ0) is 25.4. The largest absolute Gasteiger partial charge is 0.383 e. The third-order valence-electron chi connectivity index (χ3n) is 7.92. The van der Waals surface area contributed by atoms with Gasteiger partial charge in [-0.1, -0.05) is 67.6 Å². The number of hydrogen-bond donors (Lipinski definition) is 2. The molecule has 1 spiro atoms. The molecule has 1 fully saturated rings. The van der Waals surface area contributed by atoms with Crippen LogP contribution < -0.4 is 5.32 Å². The molecule has 1 amide bonds. The van der Waals surface area contributed by atoms with E-state index in [2.05, 4.69) is 88.0 Å². The van der Waals surface area contributed by atoms with Crippen LogP contribution in [0.3, 0.4) is 0 Å². The van der Waals surface area contributed by atoms with Crippen molar-refractivity contribution in [2.75, 3.05) is 32.1 Å². The highest BCUT2D eigenvalue weighted by molar-refractivity contribution is 6.09. The molecule has 6 heteroatoms. The fourth-order valence-electron chi connectivity index (χ4n) is 5.69. The number of aromatic amines is 1. The molecule has 6 rings (SSSR count). The molecule has 2 atom stereocenters. The van der Waals surface area contributed by atoms with Crippen LogP contribution in [-0.4, -0.2) is 47.8 Å². The van der Waals surface area contributed by atoms with Crippen molar-refractivity contribution >= 4 is 34.6 Å². The van der Waals surface area contributed by atoms with Crippen LogP contribution in [0.1, 0.15) is 47.2 Å². The van der Waals surface area contributed by atoms with E-state index in [1.807, 2.05) is 18.2 Å². The van der Waals surface area contributed by atoms with E-state index in [1.54, 1.807) is 7.11 Å². The molecular formula is C31H32N4O2. The average Bonchev–Trinajstić information content (AvgIpc) is 3.46. The second-order valence-electron chi connectivity index (χ2n) is 10.1. The predicted octanol–water partition coefficient (Wildman–Crippen LogP) is 5.58. The van der Waals surface area contributed by atoms with Crippen LogP contribution in [0.2, 0.25) is 0 Å². The topological polar surface area (TPSA) is 70.2 Å². The number of aromatic nitrogens is 2. The fraction of sp³-hybridized carbons (Fsp3) is 0.290. The molecule has 0 radical (unpaired) electrons. The lowest BCUT2D eigenvalue weighted by atomic mass is 9.92. The number of para-hydroxylation sites is 1. The molecule has 2 unspecified atom stereocenters. The molecule has 0 saturated heterocycles. The van der Waals surface area contributed by atoms with Crippen LogP contribution in [0.5, 0.6) is 0 Å². The molecule has 2 heterocycles. The van der Waals surface area contributed by atoms with Crippen molar-refractivity contribution in [3.8, 4) is 0 Å². The summed E-state index contributed by atoms with van der Waals surface area (Å²) in [7, 11) is 1.74. The van der Waals surface area contributed by atoms with Gasteiger partial charge in [0.1, 0.15) is 0 Å². The second kappa shape index (κ2) is 9.61. The van der Waals surface area contributed by atoms with Gasteiger partial charge in [0.05, 0.1) is 23.2 Å². The Morgan fingerprint density at radius 3 is 2.76 bits per heavy atom. The number of anilines is 1. The normalized spacial score (nSPS) is 20.3. The van der Waals surface area contributed by atoms with Crippen LogP contribution in [-0.2, 0) is 21.5 Å². The molecule has 2 aliphatic rings. The fourth-order valence-corrected chi connectivity index (χ4v) is 5.69. The van der Waals surface area contributed by atoms with E-state index in [0.717, 1.165) is 66.1 Å². The first kappa shape index (κ1) is 23.6. The highest BCUT2D eigenvalue weighted by Crippen LogP contribution is 2.64. The molecular weight excluding hydrogens is 460 g/mol. The average molecular weight is 493 g/mol. The summed E-state index contributed by atoms with van der Waals surface area (Å²) in [6.45, 7) is 5.79. The number of carbonyl (C=O) groups excluding carboxylic acids is 1. The Labute approximate surface area is 217 Å². The highest BCUT2D eigenvalue weighted by atomic mass is 16.5. The molecule has 1 saturated carbocycles. The maximum Gasteiger partial charge on any atom is 0.235 e. The SMILES string of the molecule is CCN(CCOC)Cc1ccc(/C=C/c2n[nH]c3cc(C4CC45C(=O)Nc4ccccc45)ccc23)cc1. The molecule has 3 aromatic carbocycles. The van der Waals surface area contributed by atoms with Crippen LogP contribution in [0.4, 0.5) is 5.69 Å². The summed E-state index contributed by atoms with van der Waals surface area (Å²) in [6, 6.07) is 23.2. The maximum atomic E-state index is 12.9. The van der Waals surface area contributed by atoms with Gasteiger partial charge in [-0.05, 0) is 53.4 Å². The lowest BCUT2D eigenvalue weighted by Gasteiger charge is -2.19. The third-order valence-corrected chi connectivity index (χ3v) is 7.92. The maximum absolute atomic E-state index is 12.9. The highest BCUT2D eigenvalue weighted by Gasteiger charge is 2.65. The van der Waals surface area contributed by atoms with E-state index < -0.39 is 5.41 Å². The molecule has 2 N–H and O–H groups in total. The smallest absolute Gasteiger partial charge is 0.235 e. The zero-order valence-corrected chi connectivity index (χ0v) is 21.3. The van der Waals surface area contributed by atoms with Gasteiger partial charge in [-0.2, -0.15) is 5.10 Å². The van der Waals surface area contributed by atoms with E-state index in [1.165, 1.54) is 11.1 Å². The van der Waals surface area contributed by atoms with E-state index in [0.29, 0.717) is 0 Å². The number of likely N-dealkylation sites (N-methyl/N-ethyl adjacent to an activating group) is 1. The summed E-state index contributed by atoms with van der Waals surface area (Å²) >= 11 is 0. The molecule has 1 aliphatic heterocycles. The summed E-state index contributed by atoms with van der Waals surface area (Å²) in [4.78, 5) is 15.2. The quantitative estimate of drug-likeness (QED) is 0.320. The van der Waals surface area contributed by atoms with Gasteiger partial charge in [-0.25, -0.2) is 0 Å². The van der Waals surface area contributed by atoms with Crippen LogP contribution in [0.15, 0.2) is 66.7 Å². The summed E-state index contributed by atoms with van der Waals surface area (Å²) in [5, 5.41) is 11.9. The lowest BCUT2D eigenvalue weighted by Crippen LogP contribution is -2.26. The van der Waals surface area contributed by atoms with E-state index >= 15 is 0 Å². The Hall–Kier alpha value is -3.74. The van der Waals surface area contributed by atoms with Gasteiger partial charge in [0, 0.05) is 37.2 Å². The van der Waals surface area contributed by atoms with Crippen molar-refractivity contribution in [1.29, 1.82) is 0 Å². The van der Waals surface area contributed by atoms with Crippen LogP contribution >= 0.6 is 0 Å². The van der Waals surface area contributed by atoms with Crippen molar-refractivity contribution in [1.82, 2.24) is 15.1 Å². The number of nitrogens with one attached hydrogen (secondary N) is 2. The first-order valence-electron chi connectivity index (χ1n) is 13.0. The monoisotopic (exact) mass is 492 g/mol. The van der Waals surface area contributed by atoms with Gasteiger partial charge in [0.25, 0.3) is 0 Å².